The van der Waals surface area contributed by atoms with Crippen molar-refractivity contribution >= 4 is 17.4 Å². The van der Waals surface area contributed by atoms with Gasteiger partial charge in [0.2, 0.25) is 0 Å². The van der Waals surface area contributed by atoms with Crippen molar-refractivity contribution in [3.63, 3.8) is 0 Å². The second-order valence-corrected chi connectivity index (χ2v) is 6.63. The number of rotatable bonds is 3. The Morgan fingerprint density at radius 3 is 2.56 bits per heavy atom. The normalized spacial score (nSPS) is 17.2. The van der Waals surface area contributed by atoms with Gasteiger partial charge in [0.15, 0.2) is 0 Å². The van der Waals surface area contributed by atoms with Gasteiger partial charge in [-0.3, -0.25) is 4.99 Å². The fourth-order valence-electron chi connectivity index (χ4n) is 3.09. The minimum Gasteiger partial charge on any atom is -0.409 e. The van der Waals surface area contributed by atoms with Crippen molar-refractivity contribution < 1.29 is 10.1 Å². The zero-order chi connectivity index (χ0) is 17.8. The number of aromatic nitrogens is 3. The van der Waals surface area contributed by atoms with Gasteiger partial charge in [-0.25, -0.2) is 0 Å². The summed E-state index contributed by atoms with van der Waals surface area (Å²) in [5.41, 5.74) is 0.285. The quantitative estimate of drug-likeness (QED) is 0.511. The van der Waals surface area contributed by atoms with Crippen molar-refractivity contribution in [3.05, 3.63) is 44.9 Å². The number of hydrogen-bond acceptors (Lipinski definition) is 5. The highest BCUT2D eigenvalue weighted by Gasteiger charge is 2.25. The van der Waals surface area contributed by atoms with E-state index in [-0.39, 0.29) is 11.5 Å². The lowest BCUT2D eigenvalue weighted by atomic mass is 9.97. The molecule has 25 heavy (non-hydrogen) atoms. The highest BCUT2D eigenvalue weighted by molar-refractivity contribution is 6.30. The summed E-state index contributed by atoms with van der Waals surface area (Å²) in [5, 5.41) is 26.1. The van der Waals surface area contributed by atoms with E-state index in [1.54, 1.807) is 24.3 Å². The molecule has 1 aromatic heterocycles. The molecule has 0 unspecified atom stereocenters. The molecule has 0 spiro atoms. The largest absolute Gasteiger partial charge is 0.438 e. The fraction of sp³-hybridized carbons (Fsp3) is 0.500. The molecule has 0 saturated heterocycles. The molecule has 0 bridgehead atoms. The molecule has 0 radical (unpaired) electrons. The first-order chi connectivity index (χ1) is 12.1. The summed E-state index contributed by atoms with van der Waals surface area (Å²) in [7, 11) is 0. The molecule has 8 nitrogen and oxygen atoms in total. The second kappa shape index (κ2) is 7.69. The highest BCUT2D eigenvalue weighted by Crippen LogP contribution is 2.20. The van der Waals surface area contributed by atoms with Gasteiger partial charge in [-0.05, 0) is 40.8 Å². The zero-order valence-corrected chi connectivity index (χ0v) is 14.5. The van der Waals surface area contributed by atoms with Crippen LogP contribution in [0.15, 0.2) is 29.3 Å². The number of hydrogen-bond donors (Lipinski definition) is 1. The second-order valence-electron chi connectivity index (χ2n) is 6.19. The van der Waals surface area contributed by atoms with Gasteiger partial charge < -0.3 is 15.3 Å². The SMILES string of the molecule is O=[N+]([O-])c1nn(-c2cccc(Cl)c2)n(O)c1=NC1CCCCCCC1. The van der Waals surface area contributed by atoms with Crippen molar-refractivity contribution in [1.29, 1.82) is 0 Å². The maximum absolute atomic E-state index is 11.4. The van der Waals surface area contributed by atoms with Crippen molar-refractivity contribution in [2.24, 2.45) is 4.99 Å². The molecule has 0 aliphatic heterocycles. The highest BCUT2D eigenvalue weighted by atomic mass is 35.5. The third-order valence-corrected chi connectivity index (χ3v) is 4.59. The van der Waals surface area contributed by atoms with Crippen LogP contribution in [0.1, 0.15) is 44.9 Å². The molecule has 9 heteroatoms. The average Bonchev–Trinajstić information content (AvgIpc) is 2.87. The Hall–Kier alpha value is -2.35. The molecule has 1 fully saturated rings. The number of nitrogens with zero attached hydrogens (tertiary/aromatic N) is 5. The first kappa shape index (κ1) is 17.5. The molecule has 0 amide bonds. The van der Waals surface area contributed by atoms with Gasteiger partial charge in [0.05, 0.1) is 11.1 Å². The van der Waals surface area contributed by atoms with E-state index in [0.717, 1.165) is 43.3 Å². The standard InChI is InChI=1S/C16H20ClN5O3/c17-12-7-6-10-14(11-12)20-19-16(22(24)25)15(21(20)23)18-13-8-4-2-1-3-5-9-13/h6-7,10-11,13,23H,1-5,8-9H2. The lowest BCUT2D eigenvalue weighted by molar-refractivity contribution is -0.391. The molecule has 134 valence electrons. The van der Waals surface area contributed by atoms with Crippen LogP contribution in [0.2, 0.25) is 5.02 Å². The summed E-state index contributed by atoms with van der Waals surface area (Å²) < 4.78 is 0. The van der Waals surface area contributed by atoms with Gasteiger partial charge in [-0.15, -0.1) is 0 Å². The summed E-state index contributed by atoms with van der Waals surface area (Å²) >= 11 is 5.96. The van der Waals surface area contributed by atoms with Crippen LogP contribution in [0, 0.1) is 10.1 Å². The van der Waals surface area contributed by atoms with Crippen LogP contribution in [0.5, 0.6) is 0 Å². The van der Waals surface area contributed by atoms with Crippen LogP contribution in [0.25, 0.3) is 5.69 Å². The number of nitro groups is 1. The van der Waals surface area contributed by atoms with E-state index in [1.165, 1.54) is 6.42 Å². The molecule has 1 aromatic carbocycles. The Bertz CT molecular complexity index is 821. The van der Waals surface area contributed by atoms with E-state index in [2.05, 4.69) is 10.1 Å². The van der Waals surface area contributed by atoms with Crippen molar-refractivity contribution in [2.75, 3.05) is 0 Å². The predicted molar refractivity (Wildman–Crippen MR) is 92.1 cm³/mol. The van der Waals surface area contributed by atoms with Gasteiger partial charge in [0, 0.05) is 5.02 Å². The first-order valence-corrected chi connectivity index (χ1v) is 8.80. The summed E-state index contributed by atoms with van der Waals surface area (Å²) in [4.78, 5) is 16.9. The molecular weight excluding hydrogens is 346 g/mol. The first-order valence-electron chi connectivity index (χ1n) is 8.42. The summed E-state index contributed by atoms with van der Waals surface area (Å²) in [6, 6.07) is 6.51. The maximum atomic E-state index is 11.4. The van der Waals surface area contributed by atoms with Crippen molar-refractivity contribution in [1.82, 2.24) is 14.7 Å². The average molecular weight is 366 g/mol. The molecule has 1 heterocycles. The van der Waals surface area contributed by atoms with Crippen LogP contribution in [0.4, 0.5) is 5.82 Å². The monoisotopic (exact) mass is 365 g/mol. The Labute approximate surface area is 149 Å². The number of halogens is 1. The van der Waals surface area contributed by atoms with Gasteiger partial charge >= 0.3 is 5.82 Å². The van der Waals surface area contributed by atoms with Crippen LogP contribution in [0.3, 0.4) is 0 Å². The van der Waals surface area contributed by atoms with E-state index < -0.39 is 10.7 Å². The summed E-state index contributed by atoms with van der Waals surface area (Å²) in [5.74, 6) is -0.468. The zero-order valence-electron chi connectivity index (χ0n) is 13.7. The van der Waals surface area contributed by atoms with Gasteiger partial charge in [0.25, 0.3) is 5.49 Å². The Morgan fingerprint density at radius 1 is 1.24 bits per heavy atom. The third-order valence-electron chi connectivity index (χ3n) is 4.35. The molecule has 2 aromatic rings. The molecule has 1 aliphatic rings. The number of benzene rings is 1. The van der Waals surface area contributed by atoms with Crippen molar-refractivity contribution in [2.45, 2.75) is 51.0 Å². The van der Waals surface area contributed by atoms with Gasteiger partial charge in [-0.2, -0.15) is 0 Å². The van der Waals surface area contributed by atoms with E-state index in [0.29, 0.717) is 15.6 Å². The minimum absolute atomic E-state index is 0.0468. The summed E-state index contributed by atoms with van der Waals surface area (Å²) in [6.07, 6.45) is 7.31. The summed E-state index contributed by atoms with van der Waals surface area (Å²) in [6.45, 7) is 0. The van der Waals surface area contributed by atoms with Gasteiger partial charge in [-0.1, -0.05) is 54.6 Å². The van der Waals surface area contributed by atoms with Crippen LogP contribution < -0.4 is 5.49 Å². The Morgan fingerprint density at radius 2 is 1.92 bits per heavy atom. The molecule has 1 aliphatic carbocycles. The lowest BCUT2D eigenvalue weighted by Gasteiger charge is -2.14. The molecule has 0 atom stereocenters. The van der Waals surface area contributed by atoms with Crippen LogP contribution in [-0.4, -0.2) is 30.9 Å². The maximum Gasteiger partial charge on any atom is 0.438 e. The topological polar surface area (TPSA) is 98.5 Å². The smallest absolute Gasteiger partial charge is 0.409 e. The van der Waals surface area contributed by atoms with Crippen LogP contribution in [-0.2, 0) is 0 Å². The van der Waals surface area contributed by atoms with Crippen molar-refractivity contribution in [3.8, 4) is 5.69 Å². The molecule has 3 rings (SSSR count). The molecule has 1 N–H and O–H groups in total. The third kappa shape index (κ3) is 4.01. The Kier molecular flexibility index (Phi) is 5.37. The molecule has 1 saturated carbocycles. The predicted octanol–water partition coefficient (Wildman–Crippen LogP) is 3.49. The van der Waals surface area contributed by atoms with E-state index in [1.807, 2.05) is 0 Å². The van der Waals surface area contributed by atoms with Gasteiger partial charge in [0.1, 0.15) is 5.69 Å². The lowest BCUT2D eigenvalue weighted by Crippen LogP contribution is -2.25. The Balaban J connectivity index is 2.05. The van der Waals surface area contributed by atoms with E-state index in [4.69, 9.17) is 11.6 Å². The van der Waals surface area contributed by atoms with E-state index >= 15 is 0 Å². The minimum atomic E-state index is -0.629. The molecular formula is C16H20ClN5O3. The fourth-order valence-corrected chi connectivity index (χ4v) is 3.27. The van der Waals surface area contributed by atoms with E-state index in [9.17, 15) is 15.3 Å². The van der Waals surface area contributed by atoms with Crippen LogP contribution >= 0.6 is 11.6 Å².